The van der Waals surface area contributed by atoms with Gasteiger partial charge in [0.25, 0.3) is 0 Å². The molecule has 2 rings (SSSR count). The largest absolute Gasteiger partial charge is 0.480 e. The van der Waals surface area contributed by atoms with Gasteiger partial charge in [0.05, 0.1) is 0 Å². The molecule has 0 unspecified atom stereocenters. The zero-order chi connectivity index (χ0) is 21.6. The average molecular weight is 441 g/mol. The molecule has 3 N–H and O–H groups in total. The lowest BCUT2D eigenvalue weighted by atomic mass is 10.0. The molecule has 0 aliphatic rings. The number of rotatable bonds is 8. The molecular weight excluding hydrogens is 422 g/mol. The summed E-state index contributed by atoms with van der Waals surface area (Å²) in [5.41, 5.74) is 0.986. The quantitative estimate of drug-likeness (QED) is 0.587. The van der Waals surface area contributed by atoms with Crippen LogP contribution in [0.25, 0.3) is 0 Å². The molecule has 6 nitrogen and oxygen atoms in total. The Morgan fingerprint density at radius 2 is 1.55 bits per heavy atom. The maximum atomic E-state index is 13.1. The summed E-state index contributed by atoms with van der Waals surface area (Å²) in [5.74, 6) is -2.87. The van der Waals surface area contributed by atoms with E-state index in [9.17, 15) is 23.9 Å². The number of benzene rings is 2. The van der Waals surface area contributed by atoms with E-state index in [0.717, 1.165) is 0 Å². The van der Waals surface area contributed by atoms with Crippen molar-refractivity contribution in [2.45, 2.75) is 31.8 Å². The molecule has 2 aromatic carbocycles. The molecule has 0 radical (unpaired) electrons. The summed E-state index contributed by atoms with van der Waals surface area (Å²) in [6, 6.07) is 7.83. The maximum Gasteiger partial charge on any atom is 0.326 e. The van der Waals surface area contributed by atoms with E-state index in [4.69, 9.17) is 23.2 Å². The summed E-state index contributed by atoms with van der Waals surface area (Å²) in [5, 5.41) is 15.0. The Kier molecular flexibility index (Phi) is 7.99. The molecule has 2 amide bonds. The van der Waals surface area contributed by atoms with Gasteiger partial charge in [-0.2, -0.15) is 0 Å². The van der Waals surface area contributed by atoms with Gasteiger partial charge in [-0.3, -0.25) is 9.59 Å². The minimum atomic E-state index is -1.32. The monoisotopic (exact) mass is 440 g/mol. The van der Waals surface area contributed by atoms with E-state index in [2.05, 4.69) is 10.6 Å². The zero-order valence-corrected chi connectivity index (χ0v) is 16.9. The molecule has 0 spiro atoms. The van der Waals surface area contributed by atoms with Crippen LogP contribution in [0.15, 0.2) is 42.5 Å². The summed E-state index contributed by atoms with van der Waals surface area (Å²) in [6.07, 6.45) is -0.0756. The lowest BCUT2D eigenvalue weighted by Crippen LogP contribution is -2.52. The number of carbonyl (C=O) groups excluding carboxylic acids is 2. The highest BCUT2D eigenvalue weighted by molar-refractivity contribution is 6.36. The van der Waals surface area contributed by atoms with Crippen molar-refractivity contribution in [1.82, 2.24) is 10.6 Å². The molecule has 0 aromatic heterocycles. The number of aliphatic carboxylic acids is 1. The van der Waals surface area contributed by atoms with Gasteiger partial charge in [-0.15, -0.1) is 0 Å². The molecule has 0 bridgehead atoms. The summed E-state index contributed by atoms with van der Waals surface area (Å²) >= 11 is 12.2. The van der Waals surface area contributed by atoms with Crippen LogP contribution in [-0.2, 0) is 27.2 Å². The van der Waals surface area contributed by atoms with Crippen molar-refractivity contribution in [3.8, 4) is 0 Å². The van der Waals surface area contributed by atoms with Crippen LogP contribution in [-0.4, -0.2) is 35.0 Å². The van der Waals surface area contributed by atoms with Crippen LogP contribution in [0.3, 0.4) is 0 Å². The maximum absolute atomic E-state index is 13.1. The minimum absolute atomic E-state index is 0.0604. The third kappa shape index (κ3) is 6.73. The summed E-state index contributed by atoms with van der Waals surface area (Å²) in [4.78, 5) is 35.9. The number of carbonyl (C=O) groups is 3. The lowest BCUT2D eigenvalue weighted by molar-refractivity contribution is -0.142. The molecule has 0 fully saturated rings. The van der Waals surface area contributed by atoms with E-state index in [1.54, 1.807) is 18.2 Å². The van der Waals surface area contributed by atoms with Crippen molar-refractivity contribution in [2.24, 2.45) is 0 Å². The van der Waals surface area contributed by atoms with E-state index >= 15 is 0 Å². The predicted octanol–water partition coefficient (Wildman–Crippen LogP) is 2.99. The van der Waals surface area contributed by atoms with Crippen LogP contribution in [0.4, 0.5) is 4.39 Å². The van der Waals surface area contributed by atoms with Crippen molar-refractivity contribution >= 4 is 41.0 Å². The normalized spacial score (nSPS) is 12.7. The Morgan fingerprint density at radius 1 is 0.966 bits per heavy atom. The van der Waals surface area contributed by atoms with Gasteiger partial charge in [-0.05, 0) is 35.4 Å². The Bertz CT molecular complexity index is 886. The fourth-order valence-electron chi connectivity index (χ4n) is 2.71. The number of nitrogens with one attached hydrogen (secondary N) is 2. The number of carboxylic acid groups (broad SMARTS) is 1. The molecule has 154 valence electrons. The Hall–Kier alpha value is -2.64. The average Bonchev–Trinajstić information content (AvgIpc) is 2.64. The van der Waals surface area contributed by atoms with Crippen LogP contribution >= 0.6 is 23.2 Å². The highest BCUT2D eigenvalue weighted by Gasteiger charge is 2.27. The third-order valence-electron chi connectivity index (χ3n) is 4.13. The first-order valence-electron chi connectivity index (χ1n) is 8.65. The fraction of sp³-hybridized carbons (Fsp3) is 0.250. The first-order valence-corrected chi connectivity index (χ1v) is 9.40. The van der Waals surface area contributed by atoms with Gasteiger partial charge in [0.15, 0.2) is 0 Å². The van der Waals surface area contributed by atoms with Gasteiger partial charge < -0.3 is 15.7 Å². The molecule has 9 heteroatoms. The SMILES string of the molecule is CC(=O)N[C@H](Cc1ccc(F)cc1)C(=O)N[C@@H](Cc1c(Cl)cccc1Cl)C(=O)O. The second-order valence-electron chi connectivity index (χ2n) is 6.39. The Balaban J connectivity index is 2.18. The summed E-state index contributed by atoms with van der Waals surface area (Å²) in [6.45, 7) is 1.24. The molecule has 0 aliphatic carbocycles. The van der Waals surface area contributed by atoms with Crippen LogP contribution < -0.4 is 10.6 Å². The van der Waals surface area contributed by atoms with Crippen molar-refractivity contribution in [3.63, 3.8) is 0 Å². The lowest BCUT2D eigenvalue weighted by Gasteiger charge is -2.22. The fourth-order valence-corrected chi connectivity index (χ4v) is 3.27. The van der Waals surface area contributed by atoms with Gasteiger partial charge in [-0.1, -0.05) is 41.4 Å². The number of amides is 2. The number of halogens is 3. The van der Waals surface area contributed by atoms with Crippen molar-refractivity contribution in [3.05, 3.63) is 69.5 Å². The molecule has 2 atom stereocenters. The molecule has 0 saturated carbocycles. The second kappa shape index (κ2) is 10.2. The smallest absolute Gasteiger partial charge is 0.326 e. The van der Waals surface area contributed by atoms with E-state index in [0.29, 0.717) is 11.1 Å². The Morgan fingerprint density at radius 3 is 2.07 bits per heavy atom. The first kappa shape index (κ1) is 22.6. The van der Waals surface area contributed by atoms with Crippen LogP contribution in [0.1, 0.15) is 18.1 Å². The zero-order valence-electron chi connectivity index (χ0n) is 15.4. The molecule has 2 aromatic rings. The summed E-state index contributed by atoms with van der Waals surface area (Å²) < 4.78 is 13.1. The molecular formula is C20H19Cl2FN2O4. The van der Waals surface area contributed by atoms with E-state index < -0.39 is 35.7 Å². The van der Waals surface area contributed by atoms with E-state index in [-0.39, 0.29) is 22.9 Å². The minimum Gasteiger partial charge on any atom is -0.480 e. The first-order chi connectivity index (χ1) is 13.7. The summed E-state index contributed by atoms with van der Waals surface area (Å²) in [7, 11) is 0. The van der Waals surface area contributed by atoms with Crippen molar-refractivity contribution in [2.75, 3.05) is 0 Å². The highest BCUT2D eigenvalue weighted by Crippen LogP contribution is 2.25. The van der Waals surface area contributed by atoms with Crippen molar-refractivity contribution in [1.29, 1.82) is 0 Å². The van der Waals surface area contributed by atoms with Crippen LogP contribution in [0.5, 0.6) is 0 Å². The second-order valence-corrected chi connectivity index (χ2v) is 7.20. The van der Waals surface area contributed by atoms with Gasteiger partial charge in [-0.25, -0.2) is 9.18 Å². The number of hydrogen-bond donors (Lipinski definition) is 3. The van der Waals surface area contributed by atoms with Crippen LogP contribution in [0, 0.1) is 5.82 Å². The van der Waals surface area contributed by atoms with E-state index in [1.807, 2.05) is 0 Å². The number of hydrogen-bond acceptors (Lipinski definition) is 3. The van der Waals surface area contributed by atoms with Gasteiger partial charge in [0.1, 0.15) is 17.9 Å². The standard InChI is InChI=1S/C20H19Cl2FN2O4/c1-11(26)24-17(9-12-5-7-13(23)8-6-12)19(27)25-18(20(28)29)10-14-15(21)3-2-4-16(14)22/h2-8,17-18H,9-10H2,1H3,(H,24,26)(H,25,27)(H,28,29)/t17-,18+/m1/s1. The van der Waals surface area contributed by atoms with Gasteiger partial charge in [0.2, 0.25) is 11.8 Å². The van der Waals surface area contributed by atoms with Gasteiger partial charge >= 0.3 is 5.97 Å². The molecule has 29 heavy (non-hydrogen) atoms. The third-order valence-corrected chi connectivity index (χ3v) is 4.84. The predicted molar refractivity (Wildman–Crippen MR) is 107 cm³/mol. The Labute approximate surface area is 177 Å². The number of carboxylic acids is 1. The van der Waals surface area contributed by atoms with Crippen LogP contribution in [0.2, 0.25) is 10.0 Å². The van der Waals surface area contributed by atoms with E-state index in [1.165, 1.54) is 31.2 Å². The highest BCUT2D eigenvalue weighted by atomic mass is 35.5. The molecule has 0 saturated heterocycles. The topological polar surface area (TPSA) is 95.5 Å². The molecule has 0 aliphatic heterocycles. The van der Waals surface area contributed by atoms with Crippen molar-refractivity contribution < 1.29 is 23.9 Å². The molecule has 0 heterocycles. The van der Waals surface area contributed by atoms with Gasteiger partial charge in [0, 0.05) is 29.8 Å².